The van der Waals surface area contributed by atoms with E-state index in [9.17, 15) is 4.79 Å². The van der Waals surface area contributed by atoms with E-state index in [2.05, 4.69) is 25.5 Å². The summed E-state index contributed by atoms with van der Waals surface area (Å²) in [5, 5.41) is 12.0. The van der Waals surface area contributed by atoms with Crippen molar-refractivity contribution < 1.29 is 13.9 Å². The van der Waals surface area contributed by atoms with Gasteiger partial charge >= 0.3 is 0 Å². The first-order valence-electron chi connectivity index (χ1n) is 9.96. The number of furan rings is 1. The van der Waals surface area contributed by atoms with Gasteiger partial charge in [-0.15, -0.1) is 0 Å². The van der Waals surface area contributed by atoms with E-state index in [-0.39, 0.29) is 12.5 Å². The molecular weight excluding hydrogens is 406 g/mol. The van der Waals surface area contributed by atoms with Gasteiger partial charge in [0.15, 0.2) is 0 Å². The summed E-state index contributed by atoms with van der Waals surface area (Å²) in [7, 11) is 1.54. The molecule has 0 aliphatic rings. The quantitative estimate of drug-likeness (QED) is 0.422. The summed E-state index contributed by atoms with van der Waals surface area (Å²) in [5.74, 6) is 0.189. The summed E-state index contributed by atoms with van der Waals surface area (Å²) in [5.41, 5.74) is 4.39. The minimum absolute atomic E-state index is 0.266. The van der Waals surface area contributed by atoms with Crippen LogP contribution in [-0.2, 0) is 6.54 Å². The number of benzene rings is 2. The Morgan fingerprint density at radius 1 is 1.19 bits per heavy atom. The van der Waals surface area contributed by atoms with Crippen LogP contribution in [0.15, 0.2) is 65.7 Å². The lowest BCUT2D eigenvalue weighted by molar-refractivity contribution is 0.0947. The number of fused-ring (bicyclic) bond motifs is 2. The van der Waals surface area contributed by atoms with Crippen LogP contribution in [0.2, 0.25) is 0 Å². The van der Waals surface area contributed by atoms with Crippen molar-refractivity contribution in [1.29, 1.82) is 0 Å². The Kier molecular flexibility index (Phi) is 5.09. The number of nitrogens with one attached hydrogen (secondary N) is 2. The van der Waals surface area contributed by atoms with Crippen molar-refractivity contribution >= 4 is 39.9 Å². The Labute approximate surface area is 182 Å². The SMILES string of the molecule is COc1c(C(=O)NCc2cnccn2)ccc2n[nH]c(/C=C/c3ccc4occc4c3)c12. The van der Waals surface area contributed by atoms with Gasteiger partial charge in [-0.2, -0.15) is 5.10 Å². The van der Waals surface area contributed by atoms with Crippen molar-refractivity contribution in [3.63, 3.8) is 0 Å². The molecule has 0 aliphatic heterocycles. The average Bonchev–Trinajstić information content (AvgIpc) is 3.47. The second-order valence-corrected chi connectivity index (χ2v) is 7.11. The van der Waals surface area contributed by atoms with E-state index in [1.54, 1.807) is 44.1 Å². The summed E-state index contributed by atoms with van der Waals surface area (Å²) in [4.78, 5) is 21.0. The van der Waals surface area contributed by atoms with Gasteiger partial charge in [-0.1, -0.05) is 12.1 Å². The number of carbonyl (C=O) groups excluding carboxylic acids is 1. The Balaban J connectivity index is 1.45. The van der Waals surface area contributed by atoms with Gasteiger partial charge in [0.05, 0.1) is 54.0 Å². The molecule has 1 amide bonds. The van der Waals surface area contributed by atoms with Gasteiger partial charge in [0, 0.05) is 17.8 Å². The van der Waals surface area contributed by atoms with Crippen LogP contribution in [0.5, 0.6) is 5.75 Å². The molecule has 0 radical (unpaired) electrons. The van der Waals surface area contributed by atoms with Crippen molar-refractivity contribution in [1.82, 2.24) is 25.5 Å². The molecule has 0 spiro atoms. The molecule has 0 saturated heterocycles. The number of ether oxygens (including phenoxy) is 1. The molecule has 0 bridgehead atoms. The first kappa shape index (κ1) is 19.5. The number of hydrogen-bond donors (Lipinski definition) is 2. The fourth-order valence-corrected chi connectivity index (χ4v) is 3.57. The molecule has 8 nitrogen and oxygen atoms in total. The van der Waals surface area contributed by atoms with E-state index in [1.165, 1.54) is 0 Å². The second-order valence-electron chi connectivity index (χ2n) is 7.11. The molecule has 5 rings (SSSR count). The summed E-state index contributed by atoms with van der Waals surface area (Å²) < 4.78 is 11.0. The summed E-state index contributed by atoms with van der Waals surface area (Å²) in [6.07, 6.45) is 10.3. The van der Waals surface area contributed by atoms with Gasteiger partial charge in [-0.05, 0) is 42.0 Å². The molecule has 0 aliphatic carbocycles. The lowest BCUT2D eigenvalue weighted by Gasteiger charge is -2.10. The van der Waals surface area contributed by atoms with Crippen molar-refractivity contribution in [2.45, 2.75) is 6.54 Å². The summed E-state index contributed by atoms with van der Waals surface area (Å²) in [6, 6.07) is 11.4. The van der Waals surface area contributed by atoms with Crippen LogP contribution in [0, 0.1) is 0 Å². The molecule has 0 fully saturated rings. The highest BCUT2D eigenvalue weighted by Crippen LogP contribution is 2.32. The zero-order valence-corrected chi connectivity index (χ0v) is 17.2. The third kappa shape index (κ3) is 3.69. The number of aromatic nitrogens is 4. The maximum atomic E-state index is 12.9. The van der Waals surface area contributed by atoms with Gasteiger partial charge in [0.2, 0.25) is 0 Å². The van der Waals surface area contributed by atoms with Crippen LogP contribution >= 0.6 is 0 Å². The lowest BCUT2D eigenvalue weighted by atomic mass is 10.1. The second kappa shape index (κ2) is 8.35. The fourth-order valence-electron chi connectivity index (χ4n) is 3.57. The molecule has 3 heterocycles. The molecule has 0 unspecified atom stereocenters. The molecule has 5 aromatic rings. The Morgan fingerprint density at radius 2 is 2.12 bits per heavy atom. The zero-order chi connectivity index (χ0) is 21.9. The number of hydrogen-bond acceptors (Lipinski definition) is 6. The van der Waals surface area contributed by atoms with Gasteiger partial charge in [-0.25, -0.2) is 0 Å². The Morgan fingerprint density at radius 3 is 2.97 bits per heavy atom. The molecular formula is C24H19N5O3. The number of methoxy groups -OCH3 is 1. The van der Waals surface area contributed by atoms with Crippen molar-refractivity contribution in [2.75, 3.05) is 7.11 Å². The van der Waals surface area contributed by atoms with E-state index in [1.807, 2.05) is 36.4 Å². The molecule has 0 saturated carbocycles. The number of H-pyrrole nitrogens is 1. The Hall–Kier alpha value is -4.46. The van der Waals surface area contributed by atoms with Crippen molar-refractivity contribution in [3.05, 3.63) is 83.8 Å². The third-order valence-electron chi connectivity index (χ3n) is 5.12. The van der Waals surface area contributed by atoms with Crippen LogP contribution in [0.1, 0.15) is 27.3 Å². The van der Waals surface area contributed by atoms with Gasteiger partial charge in [0.25, 0.3) is 5.91 Å². The standard InChI is InChI=1S/C24H19N5O3/c1-31-23-18(24(30)27-14-17-13-25-9-10-26-17)4-6-20-22(23)19(28-29-20)5-2-15-3-7-21-16(12-15)8-11-32-21/h2-13H,14H2,1H3,(H,27,30)(H,28,29)/b5-2+. The lowest BCUT2D eigenvalue weighted by Crippen LogP contribution is -2.24. The van der Waals surface area contributed by atoms with Crippen LogP contribution in [0.3, 0.4) is 0 Å². The summed E-state index contributed by atoms with van der Waals surface area (Å²) >= 11 is 0. The van der Waals surface area contributed by atoms with Crippen LogP contribution in [0.4, 0.5) is 0 Å². The van der Waals surface area contributed by atoms with Crippen molar-refractivity contribution in [2.24, 2.45) is 0 Å². The van der Waals surface area contributed by atoms with E-state index in [0.29, 0.717) is 22.5 Å². The largest absolute Gasteiger partial charge is 0.495 e. The number of amides is 1. The van der Waals surface area contributed by atoms with E-state index < -0.39 is 0 Å². The third-order valence-corrected chi connectivity index (χ3v) is 5.12. The summed E-state index contributed by atoms with van der Waals surface area (Å²) in [6.45, 7) is 0.266. The molecule has 2 N–H and O–H groups in total. The number of nitrogens with zero attached hydrogens (tertiary/aromatic N) is 3. The minimum Gasteiger partial charge on any atom is -0.495 e. The minimum atomic E-state index is -0.268. The molecule has 158 valence electrons. The van der Waals surface area contributed by atoms with Gasteiger partial charge in [0.1, 0.15) is 11.3 Å². The highest BCUT2D eigenvalue weighted by atomic mass is 16.5. The predicted octanol–water partition coefficient (Wildman–Crippen LogP) is 4.21. The van der Waals surface area contributed by atoms with E-state index in [0.717, 1.165) is 27.6 Å². The first-order chi connectivity index (χ1) is 15.7. The monoisotopic (exact) mass is 425 g/mol. The predicted molar refractivity (Wildman–Crippen MR) is 121 cm³/mol. The Bertz CT molecular complexity index is 1440. The van der Waals surface area contributed by atoms with Crippen molar-refractivity contribution in [3.8, 4) is 5.75 Å². The number of aromatic amines is 1. The topological polar surface area (TPSA) is 106 Å². The maximum absolute atomic E-state index is 12.9. The normalized spacial score (nSPS) is 11.4. The smallest absolute Gasteiger partial charge is 0.255 e. The maximum Gasteiger partial charge on any atom is 0.255 e. The molecule has 32 heavy (non-hydrogen) atoms. The van der Waals surface area contributed by atoms with Crippen LogP contribution in [0.25, 0.3) is 34.0 Å². The molecule has 8 heteroatoms. The highest BCUT2D eigenvalue weighted by Gasteiger charge is 2.19. The number of rotatable bonds is 6. The van der Waals surface area contributed by atoms with E-state index in [4.69, 9.17) is 9.15 Å². The first-order valence-corrected chi connectivity index (χ1v) is 9.96. The van der Waals surface area contributed by atoms with E-state index >= 15 is 0 Å². The average molecular weight is 425 g/mol. The number of carbonyl (C=O) groups is 1. The van der Waals surface area contributed by atoms with Crippen LogP contribution in [-0.4, -0.2) is 33.2 Å². The molecule has 2 aromatic carbocycles. The van der Waals surface area contributed by atoms with Gasteiger partial charge in [-0.3, -0.25) is 19.9 Å². The molecule has 0 atom stereocenters. The van der Waals surface area contributed by atoms with Crippen LogP contribution < -0.4 is 10.1 Å². The fraction of sp³-hybridized carbons (Fsp3) is 0.0833. The molecule has 3 aromatic heterocycles. The van der Waals surface area contributed by atoms with Gasteiger partial charge < -0.3 is 14.5 Å². The highest BCUT2D eigenvalue weighted by molar-refractivity contribution is 6.05. The zero-order valence-electron chi connectivity index (χ0n) is 17.2.